The zero-order chi connectivity index (χ0) is 16.8. The lowest BCUT2D eigenvalue weighted by molar-refractivity contribution is -0.117. The number of carbonyl (C=O) groups is 1. The summed E-state index contributed by atoms with van der Waals surface area (Å²) in [6.07, 6.45) is 3.18. The average Bonchev–Trinajstić information content (AvgIpc) is 2.99. The van der Waals surface area contributed by atoms with E-state index in [1.54, 1.807) is 26.4 Å². The minimum atomic E-state index is -0.201. The first-order valence-electron chi connectivity index (χ1n) is 7.30. The van der Waals surface area contributed by atoms with Gasteiger partial charge in [-0.2, -0.15) is 0 Å². The third-order valence-corrected chi connectivity index (χ3v) is 3.35. The van der Waals surface area contributed by atoms with Crippen molar-refractivity contribution in [3.63, 3.8) is 0 Å². The third-order valence-electron chi connectivity index (χ3n) is 3.35. The molecule has 2 aromatic rings. The van der Waals surface area contributed by atoms with Crippen molar-refractivity contribution >= 4 is 12.0 Å². The zero-order valence-corrected chi connectivity index (χ0v) is 13.8. The maximum absolute atomic E-state index is 12.0. The number of carbonyl (C=O) groups excluding carboxylic acids is 1. The monoisotopic (exact) mass is 315 g/mol. The first-order chi connectivity index (χ1) is 11.0. The number of hydrogen-bond donors (Lipinski definition) is 1. The summed E-state index contributed by atoms with van der Waals surface area (Å²) in [7, 11) is 3.17. The summed E-state index contributed by atoms with van der Waals surface area (Å²) in [5, 5.41) is 2.85. The number of rotatable bonds is 6. The molecule has 5 nitrogen and oxygen atoms in total. The second-order valence-electron chi connectivity index (χ2n) is 5.16. The number of amides is 1. The fraction of sp³-hybridized carbons (Fsp3) is 0.278. The van der Waals surface area contributed by atoms with E-state index in [1.165, 1.54) is 6.08 Å². The van der Waals surface area contributed by atoms with Crippen molar-refractivity contribution in [2.75, 3.05) is 14.2 Å². The molecule has 0 fully saturated rings. The van der Waals surface area contributed by atoms with Crippen LogP contribution in [0.4, 0.5) is 0 Å². The summed E-state index contributed by atoms with van der Waals surface area (Å²) in [4.78, 5) is 12.0. The van der Waals surface area contributed by atoms with Crippen molar-refractivity contribution in [3.8, 4) is 11.5 Å². The maximum Gasteiger partial charge on any atom is 0.244 e. The van der Waals surface area contributed by atoms with Crippen molar-refractivity contribution in [3.05, 3.63) is 53.5 Å². The number of aryl methyl sites for hydroxylation is 1. The van der Waals surface area contributed by atoms with Crippen LogP contribution in [-0.4, -0.2) is 20.1 Å². The van der Waals surface area contributed by atoms with Crippen LogP contribution >= 0.6 is 0 Å². The molecule has 1 heterocycles. The molecule has 2 rings (SSSR count). The zero-order valence-electron chi connectivity index (χ0n) is 13.8. The van der Waals surface area contributed by atoms with E-state index in [4.69, 9.17) is 13.9 Å². The molecule has 23 heavy (non-hydrogen) atoms. The molecule has 0 bridgehead atoms. The molecule has 0 radical (unpaired) electrons. The molecule has 1 unspecified atom stereocenters. The van der Waals surface area contributed by atoms with Crippen LogP contribution in [0.2, 0.25) is 0 Å². The van der Waals surface area contributed by atoms with E-state index in [0.717, 1.165) is 17.1 Å². The predicted molar refractivity (Wildman–Crippen MR) is 88.6 cm³/mol. The highest BCUT2D eigenvalue weighted by Gasteiger charge is 2.11. The molecule has 0 saturated carbocycles. The Hall–Kier alpha value is -2.69. The quantitative estimate of drug-likeness (QED) is 0.829. The van der Waals surface area contributed by atoms with Gasteiger partial charge in [0.15, 0.2) is 0 Å². The molecule has 5 heteroatoms. The number of hydrogen-bond acceptors (Lipinski definition) is 4. The van der Waals surface area contributed by atoms with E-state index in [9.17, 15) is 4.79 Å². The van der Waals surface area contributed by atoms with Gasteiger partial charge in [0, 0.05) is 12.1 Å². The first kappa shape index (κ1) is 16.7. The van der Waals surface area contributed by atoms with Gasteiger partial charge < -0.3 is 19.2 Å². The van der Waals surface area contributed by atoms with Crippen LogP contribution in [-0.2, 0) is 4.79 Å². The van der Waals surface area contributed by atoms with Gasteiger partial charge in [-0.15, -0.1) is 0 Å². The second kappa shape index (κ2) is 7.54. The number of nitrogens with one attached hydrogen (secondary N) is 1. The van der Waals surface area contributed by atoms with Crippen LogP contribution in [0.1, 0.15) is 30.0 Å². The predicted octanol–water partition coefficient (Wildman–Crippen LogP) is 3.50. The smallest absolute Gasteiger partial charge is 0.244 e. The Labute approximate surface area is 135 Å². The topological polar surface area (TPSA) is 60.7 Å². The second-order valence-corrected chi connectivity index (χ2v) is 5.16. The molecule has 0 aliphatic heterocycles. The van der Waals surface area contributed by atoms with Crippen LogP contribution in [0.15, 0.2) is 40.8 Å². The average molecular weight is 315 g/mol. The van der Waals surface area contributed by atoms with Crippen LogP contribution in [0.25, 0.3) is 6.08 Å². The van der Waals surface area contributed by atoms with E-state index in [-0.39, 0.29) is 11.9 Å². The Balaban J connectivity index is 2.03. The molecule has 0 aliphatic rings. The fourth-order valence-electron chi connectivity index (χ4n) is 2.12. The van der Waals surface area contributed by atoms with Crippen molar-refractivity contribution < 1.29 is 18.7 Å². The van der Waals surface area contributed by atoms with Crippen LogP contribution < -0.4 is 14.8 Å². The lowest BCUT2D eigenvalue weighted by Gasteiger charge is -2.09. The van der Waals surface area contributed by atoms with E-state index in [1.807, 2.05) is 38.1 Å². The van der Waals surface area contributed by atoms with Crippen molar-refractivity contribution in [1.82, 2.24) is 5.32 Å². The van der Waals surface area contributed by atoms with Gasteiger partial charge in [-0.05, 0) is 49.8 Å². The van der Waals surface area contributed by atoms with E-state index < -0.39 is 0 Å². The molecule has 1 amide bonds. The third kappa shape index (κ3) is 4.64. The molecule has 0 aliphatic carbocycles. The summed E-state index contributed by atoms with van der Waals surface area (Å²) in [6, 6.07) is 8.96. The van der Waals surface area contributed by atoms with Gasteiger partial charge in [0.05, 0.1) is 20.3 Å². The molecule has 1 N–H and O–H groups in total. The van der Waals surface area contributed by atoms with Crippen molar-refractivity contribution in [2.45, 2.75) is 19.9 Å². The highest BCUT2D eigenvalue weighted by atomic mass is 16.5. The first-order valence-corrected chi connectivity index (χ1v) is 7.30. The fourth-order valence-corrected chi connectivity index (χ4v) is 2.12. The summed E-state index contributed by atoms with van der Waals surface area (Å²) in [5.41, 5.74) is 0.817. The number of furan rings is 1. The van der Waals surface area contributed by atoms with Gasteiger partial charge in [0.1, 0.15) is 23.0 Å². The standard InChI is InChI=1S/C18H21NO4/c1-12-5-7-17(23-12)13(2)19-18(20)8-6-14-9-15(21-3)11-16(10-14)22-4/h5-11,13H,1-4H3,(H,19,20)/b8-6+. The number of methoxy groups -OCH3 is 2. The maximum atomic E-state index is 12.0. The summed E-state index contributed by atoms with van der Waals surface area (Å²) < 4.78 is 15.9. The van der Waals surface area contributed by atoms with Crippen molar-refractivity contribution in [2.24, 2.45) is 0 Å². The van der Waals surface area contributed by atoms with Crippen LogP contribution in [0.3, 0.4) is 0 Å². The minimum Gasteiger partial charge on any atom is -0.497 e. The SMILES string of the molecule is COc1cc(/C=C/C(=O)NC(C)c2ccc(C)o2)cc(OC)c1. The summed E-state index contributed by atoms with van der Waals surface area (Å²) in [6.45, 7) is 3.74. The van der Waals surface area contributed by atoms with E-state index in [2.05, 4.69) is 5.32 Å². The van der Waals surface area contributed by atoms with Gasteiger partial charge in [0.25, 0.3) is 0 Å². The Bertz CT molecular complexity index is 681. The molecule has 0 saturated heterocycles. The highest BCUT2D eigenvalue weighted by Crippen LogP contribution is 2.23. The number of benzene rings is 1. The van der Waals surface area contributed by atoms with Gasteiger partial charge in [-0.25, -0.2) is 0 Å². The van der Waals surface area contributed by atoms with E-state index in [0.29, 0.717) is 11.5 Å². The molecule has 1 atom stereocenters. The molecule has 1 aromatic carbocycles. The van der Waals surface area contributed by atoms with Crippen LogP contribution in [0.5, 0.6) is 11.5 Å². The molecule has 1 aromatic heterocycles. The Morgan fingerprint density at radius 1 is 1.17 bits per heavy atom. The van der Waals surface area contributed by atoms with Gasteiger partial charge in [-0.3, -0.25) is 4.79 Å². The lowest BCUT2D eigenvalue weighted by atomic mass is 10.2. The Kier molecular flexibility index (Phi) is 5.46. The number of ether oxygens (including phenoxy) is 2. The Morgan fingerprint density at radius 2 is 1.83 bits per heavy atom. The summed E-state index contributed by atoms with van der Waals surface area (Å²) >= 11 is 0. The normalized spacial score (nSPS) is 12.2. The van der Waals surface area contributed by atoms with Crippen LogP contribution in [0, 0.1) is 6.92 Å². The molecule has 122 valence electrons. The summed E-state index contributed by atoms with van der Waals surface area (Å²) in [5.74, 6) is 2.69. The van der Waals surface area contributed by atoms with Gasteiger partial charge in [0.2, 0.25) is 5.91 Å². The van der Waals surface area contributed by atoms with Gasteiger partial charge in [-0.1, -0.05) is 0 Å². The molecular formula is C18H21NO4. The Morgan fingerprint density at radius 3 is 2.35 bits per heavy atom. The largest absolute Gasteiger partial charge is 0.497 e. The highest BCUT2D eigenvalue weighted by molar-refractivity contribution is 5.92. The molecule has 0 spiro atoms. The van der Waals surface area contributed by atoms with E-state index >= 15 is 0 Å². The lowest BCUT2D eigenvalue weighted by Crippen LogP contribution is -2.24. The molecular weight excluding hydrogens is 294 g/mol. The van der Waals surface area contributed by atoms with Crippen molar-refractivity contribution in [1.29, 1.82) is 0 Å². The van der Waals surface area contributed by atoms with Gasteiger partial charge >= 0.3 is 0 Å². The minimum absolute atomic E-state index is 0.194.